The number of fused-ring (bicyclic) bond motifs is 1. The molecule has 0 aromatic heterocycles. The molecule has 0 atom stereocenters. The molecule has 38 heavy (non-hydrogen) atoms. The van der Waals surface area contributed by atoms with E-state index in [2.05, 4.69) is 0 Å². The maximum absolute atomic E-state index is 12.5. The molecule has 0 saturated heterocycles. The van der Waals surface area contributed by atoms with E-state index in [4.69, 9.17) is 9.73 Å². The SMILES string of the molecule is CCN1C(=CC=C(N=C(B(c2ccccc2)c2ccccc2)c2ccccc2)C(=O)O)Oc2ccccc21. The summed E-state index contributed by atoms with van der Waals surface area (Å²) < 4.78 is 6.02. The predicted octanol–water partition coefficient (Wildman–Crippen LogP) is 5.05. The van der Waals surface area contributed by atoms with Gasteiger partial charge in [0.05, 0.1) is 5.69 Å². The van der Waals surface area contributed by atoms with Gasteiger partial charge in [0, 0.05) is 18.2 Å². The van der Waals surface area contributed by atoms with Crippen LogP contribution in [0.15, 0.2) is 144 Å². The van der Waals surface area contributed by atoms with Crippen molar-refractivity contribution in [3.05, 3.63) is 145 Å². The zero-order chi connectivity index (χ0) is 26.3. The Kier molecular flexibility index (Phi) is 7.51. The van der Waals surface area contributed by atoms with Crippen molar-refractivity contribution in [3.8, 4) is 5.75 Å². The summed E-state index contributed by atoms with van der Waals surface area (Å²) in [4.78, 5) is 19.3. The van der Waals surface area contributed by atoms with Crippen LogP contribution in [0.1, 0.15) is 12.5 Å². The van der Waals surface area contributed by atoms with Crippen molar-refractivity contribution in [2.75, 3.05) is 11.4 Å². The first-order valence-electron chi connectivity index (χ1n) is 12.6. The molecule has 0 aliphatic carbocycles. The summed E-state index contributed by atoms with van der Waals surface area (Å²) in [7, 11) is 0. The lowest BCUT2D eigenvalue weighted by Gasteiger charge is -2.18. The Bertz CT molecular complexity index is 1460. The molecule has 5 rings (SSSR count). The maximum atomic E-state index is 12.5. The molecule has 0 spiro atoms. The number of carboxylic acids is 1. The number of anilines is 1. The van der Waals surface area contributed by atoms with Gasteiger partial charge in [-0.2, -0.15) is 0 Å². The van der Waals surface area contributed by atoms with Crippen LogP contribution in [0.25, 0.3) is 0 Å². The normalized spacial score (nSPS) is 14.2. The van der Waals surface area contributed by atoms with Gasteiger partial charge in [-0.15, -0.1) is 0 Å². The molecule has 0 unspecified atom stereocenters. The van der Waals surface area contributed by atoms with Crippen LogP contribution in [0.4, 0.5) is 5.69 Å². The Balaban J connectivity index is 1.64. The Labute approximate surface area is 223 Å². The highest BCUT2D eigenvalue weighted by Gasteiger charge is 2.28. The zero-order valence-corrected chi connectivity index (χ0v) is 21.1. The van der Waals surface area contributed by atoms with E-state index in [-0.39, 0.29) is 12.4 Å². The summed E-state index contributed by atoms with van der Waals surface area (Å²) in [6, 6.07) is 37.6. The second-order valence-electron chi connectivity index (χ2n) is 8.79. The number of benzene rings is 4. The van der Waals surface area contributed by atoms with Gasteiger partial charge in [-0.3, -0.25) is 4.99 Å². The minimum atomic E-state index is -1.12. The predicted molar refractivity (Wildman–Crippen MR) is 155 cm³/mol. The van der Waals surface area contributed by atoms with Crippen LogP contribution < -0.4 is 20.6 Å². The van der Waals surface area contributed by atoms with Crippen molar-refractivity contribution < 1.29 is 14.6 Å². The smallest absolute Gasteiger partial charge is 0.354 e. The van der Waals surface area contributed by atoms with Gasteiger partial charge in [0.2, 0.25) is 5.88 Å². The van der Waals surface area contributed by atoms with E-state index in [9.17, 15) is 9.90 Å². The Hall–Kier alpha value is -4.84. The molecular weight excluding hydrogens is 471 g/mol. The van der Waals surface area contributed by atoms with Gasteiger partial charge in [-0.05, 0) is 30.7 Å². The second-order valence-corrected chi connectivity index (χ2v) is 8.79. The fraction of sp³-hybridized carbons (Fsp3) is 0.0625. The molecule has 1 heterocycles. The molecule has 6 heteroatoms. The number of hydrogen-bond donors (Lipinski definition) is 1. The average Bonchev–Trinajstić information content (AvgIpc) is 3.33. The lowest BCUT2D eigenvalue weighted by molar-refractivity contribution is -0.132. The molecule has 4 aromatic carbocycles. The summed E-state index contributed by atoms with van der Waals surface area (Å²) >= 11 is 0. The highest BCUT2D eigenvalue weighted by molar-refractivity contribution is 7.10. The van der Waals surface area contributed by atoms with Gasteiger partial charge in [-0.1, -0.05) is 114 Å². The van der Waals surface area contributed by atoms with Crippen molar-refractivity contribution in [1.82, 2.24) is 0 Å². The average molecular weight is 498 g/mol. The van der Waals surface area contributed by atoms with Crippen LogP contribution >= 0.6 is 0 Å². The first kappa shape index (κ1) is 24.8. The minimum Gasteiger partial charge on any atom is -0.477 e. The fourth-order valence-corrected chi connectivity index (χ4v) is 4.64. The van der Waals surface area contributed by atoms with E-state index in [0.717, 1.165) is 27.9 Å². The number of nitrogens with zero attached hydrogens (tertiary/aromatic N) is 2. The Morgan fingerprint density at radius 2 is 1.39 bits per heavy atom. The molecule has 0 radical (unpaired) electrons. The van der Waals surface area contributed by atoms with E-state index < -0.39 is 5.97 Å². The summed E-state index contributed by atoms with van der Waals surface area (Å²) in [6.45, 7) is 2.44. The van der Waals surface area contributed by atoms with E-state index in [1.54, 1.807) is 6.08 Å². The van der Waals surface area contributed by atoms with Gasteiger partial charge in [0.1, 0.15) is 5.70 Å². The molecule has 5 nitrogen and oxygen atoms in total. The van der Waals surface area contributed by atoms with E-state index in [1.165, 1.54) is 6.08 Å². The summed E-state index contributed by atoms with van der Waals surface area (Å²) in [6.07, 6.45) is 3.20. The first-order valence-corrected chi connectivity index (χ1v) is 12.6. The fourth-order valence-electron chi connectivity index (χ4n) is 4.64. The number of aliphatic imine (C=N–C) groups is 1. The van der Waals surface area contributed by atoms with Crippen LogP contribution in [0, 0.1) is 0 Å². The van der Waals surface area contributed by atoms with Crippen molar-refractivity contribution in [2.45, 2.75) is 6.92 Å². The summed E-state index contributed by atoms with van der Waals surface area (Å²) in [5.74, 6) is 0.188. The molecule has 0 fully saturated rings. The van der Waals surface area contributed by atoms with Crippen molar-refractivity contribution >= 4 is 34.9 Å². The minimum absolute atomic E-state index is 0.0798. The number of hydrogen-bond acceptors (Lipinski definition) is 4. The number of ether oxygens (including phenoxy) is 1. The highest BCUT2D eigenvalue weighted by Crippen LogP contribution is 2.38. The molecular formula is C32H27BN2O3. The van der Waals surface area contributed by atoms with Crippen LogP contribution in [-0.2, 0) is 4.79 Å². The van der Waals surface area contributed by atoms with Gasteiger partial charge < -0.3 is 14.7 Å². The zero-order valence-electron chi connectivity index (χ0n) is 21.1. The topological polar surface area (TPSA) is 62.1 Å². The number of aliphatic carboxylic acids is 1. The maximum Gasteiger partial charge on any atom is 0.354 e. The van der Waals surface area contributed by atoms with Crippen molar-refractivity contribution in [3.63, 3.8) is 0 Å². The van der Waals surface area contributed by atoms with Gasteiger partial charge in [0.15, 0.2) is 5.75 Å². The Morgan fingerprint density at radius 3 is 1.97 bits per heavy atom. The lowest BCUT2D eigenvalue weighted by atomic mass is 9.36. The van der Waals surface area contributed by atoms with Gasteiger partial charge in [-0.25, -0.2) is 4.79 Å². The third-order valence-electron chi connectivity index (χ3n) is 6.41. The standard InChI is InChI=1S/C32H27BN2O3/c1-2-35-28-20-12-13-21-29(28)38-30(35)23-22-27(32(36)37)34-31(24-14-6-3-7-15-24)33(25-16-8-4-9-17-25)26-18-10-5-11-19-26/h3-23H,2H2,1H3,(H,36,37). The first-order chi connectivity index (χ1) is 18.7. The molecule has 0 amide bonds. The van der Waals surface area contributed by atoms with E-state index >= 15 is 0 Å². The number of carboxylic acid groups (broad SMARTS) is 1. The van der Waals surface area contributed by atoms with E-state index in [1.807, 2.05) is 127 Å². The Morgan fingerprint density at radius 1 is 0.842 bits per heavy atom. The monoisotopic (exact) mass is 498 g/mol. The third kappa shape index (κ3) is 5.30. The molecule has 1 N–H and O–H groups in total. The van der Waals surface area contributed by atoms with Gasteiger partial charge in [0.25, 0.3) is 6.71 Å². The highest BCUT2D eigenvalue weighted by atomic mass is 16.5. The largest absolute Gasteiger partial charge is 0.477 e. The number of para-hydroxylation sites is 2. The van der Waals surface area contributed by atoms with E-state index in [0.29, 0.717) is 18.0 Å². The van der Waals surface area contributed by atoms with Crippen molar-refractivity contribution in [1.29, 1.82) is 0 Å². The molecule has 4 aromatic rings. The number of carbonyl (C=O) groups is 1. The molecule has 186 valence electrons. The van der Waals surface area contributed by atoms with Crippen LogP contribution in [0.2, 0.25) is 0 Å². The number of allylic oxidation sites excluding steroid dienone is 2. The molecule has 0 bridgehead atoms. The van der Waals surface area contributed by atoms with Crippen molar-refractivity contribution in [2.24, 2.45) is 4.99 Å². The third-order valence-corrected chi connectivity index (χ3v) is 6.41. The summed E-state index contributed by atoms with van der Waals surface area (Å²) in [5, 5.41) is 10.2. The second kappa shape index (κ2) is 11.5. The molecule has 1 aliphatic rings. The molecule has 0 saturated carbocycles. The van der Waals surface area contributed by atoms with Crippen LogP contribution in [0.5, 0.6) is 5.75 Å². The molecule has 1 aliphatic heterocycles. The lowest BCUT2D eigenvalue weighted by Crippen LogP contribution is -2.49. The van der Waals surface area contributed by atoms with Crippen LogP contribution in [-0.4, -0.2) is 29.9 Å². The number of rotatable bonds is 8. The summed E-state index contributed by atoms with van der Waals surface area (Å²) in [5.41, 5.74) is 4.42. The quantitative estimate of drug-likeness (QED) is 0.210. The van der Waals surface area contributed by atoms with Gasteiger partial charge >= 0.3 is 5.97 Å². The van der Waals surface area contributed by atoms with Crippen LogP contribution in [0.3, 0.4) is 0 Å².